The number of carbonyl (C=O) groups excluding carboxylic acids is 3. The highest BCUT2D eigenvalue weighted by molar-refractivity contribution is 7.99. The van der Waals surface area contributed by atoms with Gasteiger partial charge in [0.05, 0.1) is 30.0 Å². The minimum absolute atomic E-state index is 0.0216. The molecule has 1 aliphatic heterocycles. The van der Waals surface area contributed by atoms with Crippen LogP contribution in [-0.4, -0.2) is 42.3 Å². The van der Waals surface area contributed by atoms with E-state index in [1.807, 2.05) is 84.9 Å². The molecule has 3 amide bonds. The molecule has 3 atom stereocenters. The molecule has 10 nitrogen and oxygen atoms in total. The lowest BCUT2D eigenvalue weighted by molar-refractivity contribution is -0.124. The van der Waals surface area contributed by atoms with E-state index in [1.54, 1.807) is 43.5 Å². The molecule has 1 aliphatic rings. The number of nitrogens with zero attached hydrogens (tertiary/aromatic N) is 1. The van der Waals surface area contributed by atoms with E-state index in [0.29, 0.717) is 11.4 Å². The van der Waals surface area contributed by atoms with Crippen LogP contribution in [0.15, 0.2) is 150 Å². The Morgan fingerprint density at radius 2 is 1.51 bits per heavy atom. The van der Waals surface area contributed by atoms with Crippen molar-refractivity contribution in [3.05, 3.63) is 168 Å². The zero-order chi connectivity index (χ0) is 38.4. The van der Waals surface area contributed by atoms with Crippen molar-refractivity contribution in [2.75, 3.05) is 18.6 Å². The zero-order valence-corrected chi connectivity index (χ0v) is 31.5. The summed E-state index contributed by atoms with van der Waals surface area (Å²) in [6.45, 7) is -0.0845. The summed E-state index contributed by atoms with van der Waals surface area (Å²) in [5.74, 6) is -0.785. The minimum Gasteiger partial charge on any atom is -0.497 e. The number of ether oxygens (including phenoxy) is 1. The van der Waals surface area contributed by atoms with Gasteiger partial charge in [-0.05, 0) is 76.0 Å². The van der Waals surface area contributed by atoms with Crippen LogP contribution in [0.5, 0.6) is 5.75 Å². The predicted octanol–water partition coefficient (Wildman–Crippen LogP) is 7.17. The molecular weight excluding hydrogens is 734 g/mol. The number of thioether (sulfide) groups is 1. The highest BCUT2D eigenvalue weighted by Gasteiger charge is 2.40. The lowest BCUT2D eigenvalue weighted by Gasteiger charge is -2.28. The van der Waals surface area contributed by atoms with Crippen molar-refractivity contribution in [3.8, 4) is 5.75 Å². The monoisotopic (exact) mass is 771 g/mol. The van der Waals surface area contributed by atoms with Gasteiger partial charge in [-0.3, -0.25) is 18.9 Å². The third-order valence-corrected chi connectivity index (χ3v) is 12.2. The van der Waals surface area contributed by atoms with Crippen LogP contribution in [0.1, 0.15) is 32.3 Å². The molecule has 55 heavy (non-hydrogen) atoms. The first-order valence-corrected chi connectivity index (χ1v) is 20.0. The highest BCUT2D eigenvalue weighted by atomic mass is 32.2. The molecule has 6 aromatic rings. The van der Waals surface area contributed by atoms with Gasteiger partial charge in [0.15, 0.2) is 0 Å². The summed E-state index contributed by atoms with van der Waals surface area (Å²) in [6.07, 6.45) is 0. The quantitative estimate of drug-likeness (QED) is 0.112. The number of para-hydroxylation sites is 1. The van der Waals surface area contributed by atoms with Gasteiger partial charge in [-0.15, -0.1) is 11.8 Å². The number of anilines is 1. The molecular formula is C43H38N3O7PS. The summed E-state index contributed by atoms with van der Waals surface area (Å²) in [5, 5.41) is 7.44. The Kier molecular flexibility index (Phi) is 11.5. The number of methoxy groups -OCH3 is 1. The van der Waals surface area contributed by atoms with Crippen LogP contribution in [0.2, 0.25) is 0 Å². The summed E-state index contributed by atoms with van der Waals surface area (Å²) in [5.41, 5.74) is 3.16. The van der Waals surface area contributed by atoms with Gasteiger partial charge in [-0.25, -0.2) is 0 Å². The molecule has 0 saturated carbocycles. The standard InChI is InChI=1S/C43H38N3O7PS/c1-52-34-22-18-31(19-23-34)41-40(45-42(48)32-20-24-35(25-21-32)54(50,51)53-28-29-10-3-2-4-11-29)43(49)46(37-16-7-8-17-38(37)55-41)27-39(47)44-26-33-14-9-13-30-12-5-6-15-36(30)33/h2-25,40-41H,26-28H2,1H3,(H,44,47)(H,45,48)(H,50,51)/t40-,41-/m1/s1. The number of hydrogen-bond acceptors (Lipinski definition) is 7. The van der Waals surface area contributed by atoms with Crippen LogP contribution < -0.4 is 25.6 Å². The fourth-order valence-electron chi connectivity index (χ4n) is 6.43. The molecule has 1 unspecified atom stereocenters. The van der Waals surface area contributed by atoms with Crippen molar-refractivity contribution in [2.45, 2.75) is 29.3 Å². The van der Waals surface area contributed by atoms with Crippen LogP contribution in [-0.2, 0) is 31.8 Å². The Hall–Kier alpha value is -5.71. The molecule has 12 heteroatoms. The van der Waals surface area contributed by atoms with E-state index in [4.69, 9.17) is 9.26 Å². The molecule has 1 heterocycles. The maximum Gasteiger partial charge on any atom is 0.359 e. The SMILES string of the molecule is COc1ccc([C@H]2Sc3ccccc3N(CC(=O)NCc3cccc4ccccc34)C(=O)[C@@H]2NC(=O)c2ccc(P(=O)(O)OCc3ccccc3)cc2)cc1. The van der Waals surface area contributed by atoms with Gasteiger partial charge in [-0.2, -0.15) is 0 Å². The third-order valence-electron chi connectivity index (χ3n) is 9.34. The molecule has 0 bridgehead atoms. The van der Waals surface area contributed by atoms with Crippen molar-refractivity contribution in [2.24, 2.45) is 0 Å². The Bertz CT molecular complexity index is 2370. The second kappa shape index (κ2) is 16.8. The molecule has 0 radical (unpaired) electrons. The molecule has 6 aromatic carbocycles. The molecule has 0 aliphatic carbocycles. The first-order valence-electron chi connectivity index (χ1n) is 17.6. The number of rotatable bonds is 12. The molecule has 0 fully saturated rings. The van der Waals surface area contributed by atoms with E-state index in [9.17, 15) is 23.8 Å². The Morgan fingerprint density at radius 1 is 0.818 bits per heavy atom. The minimum atomic E-state index is -4.20. The number of fused-ring (bicyclic) bond motifs is 2. The highest BCUT2D eigenvalue weighted by Crippen LogP contribution is 2.46. The summed E-state index contributed by atoms with van der Waals surface area (Å²) in [4.78, 5) is 55.2. The maximum absolute atomic E-state index is 14.7. The average molecular weight is 772 g/mol. The van der Waals surface area contributed by atoms with Crippen LogP contribution in [0.3, 0.4) is 0 Å². The molecule has 278 valence electrons. The Morgan fingerprint density at radius 3 is 2.27 bits per heavy atom. The molecule has 7 rings (SSSR count). The van der Waals surface area contributed by atoms with Crippen molar-refractivity contribution in [1.82, 2.24) is 10.6 Å². The number of hydrogen-bond donors (Lipinski definition) is 3. The topological polar surface area (TPSA) is 134 Å². The first-order chi connectivity index (χ1) is 26.7. The van der Waals surface area contributed by atoms with E-state index in [-0.39, 0.29) is 36.5 Å². The van der Waals surface area contributed by atoms with E-state index in [2.05, 4.69) is 10.6 Å². The summed E-state index contributed by atoms with van der Waals surface area (Å²) >= 11 is 1.41. The van der Waals surface area contributed by atoms with Crippen LogP contribution in [0.25, 0.3) is 10.8 Å². The van der Waals surface area contributed by atoms with Gasteiger partial charge in [0.2, 0.25) is 5.91 Å². The van der Waals surface area contributed by atoms with Crippen molar-refractivity contribution in [1.29, 1.82) is 0 Å². The van der Waals surface area contributed by atoms with Crippen molar-refractivity contribution in [3.63, 3.8) is 0 Å². The third kappa shape index (κ3) is 8.66. The number of carbonyl (C=O) groups is 3. The summed E-state index contributed by atoms with van der Waals surface area (Å²) in [7, 11) is -2.64. The van der Waals surface area contributed by atoms with Crippen molar-refractivity contribution < 1.29 is 33.1 Å². The predicted molar refractivity (Wildman–Crippen MR) is 215 cm³/mol. The lowest BCUT2D eigenvalue weighted by Crippen LogP contribution is -2.52. The second-order valence-corrected chi connectivity index (χ2v) is 15.9. The van der Waals surface area contributed by atoms with Gasteiger partial charge >= 0.3 is 7.60 Å². The number of benzene rings is 6. The molecule has 3 N–H and O–H groups in total. The number of amides is 3. The lowest BCUT2D eigenvalue weighted by atomic mass is 10.0. The fraction of sp³-hybridized carbons (Fsp3) is 0.140. The zero-order valence-electron chi connectivity index (χ0n) is 29.8. The Labute approximate surface area is 323 Å². The molecule has 0 aromatic heterocycles. The normalized spacial score (nSPS) is 16.4. The largest absolute Gasteiger partial charge is 0.497 e. The van der Waals surface area contributed by atoms with E-state index >= 15 is 0 Å². The van der Waals surface area contributed by atoms with E-state index in [1.165, 1.54) is 40.9 Å². The van der Waals surface area contributed by atoms with Gasteiger partial charge in [0, 0.05) is 17.0 Å². The summed E-state index contributed by atoms with van der Waals surface area (Å²) in [6, 6.07) is 42.0. The van der Waals surface area contributed by atoms with E-state index in [0.717, 1.165) is 32.4 Å². The van der Waals surface area contributed by atoms with Crippen LogP contribution in [0.4, 0.5) is 5.69 Å². The average Bonchev–Trinajstić information content (AvgIpc) is 3.33. The molecule has 0 saturated heterocycles. The van der Waals surface area contributed by atoms with Gasteiger partial charge < -0.3 is 29.7 Å². The summed E-state index contributed by atoms with van der Waals surface area (Å²) < 4.78 is 23.8. The maximum atomic E-state index is 14.7. The number of nitrogens with one attached hydrogen (secondary N) is 2. The first kappa shape index (κ1) is 37.6. The van der Waals surface area contributed by atoms with Gasteiger partial charge in [-0.1, -0.05) is 97.1 Å². The molecule has 0 spiro atoms. The van der Waals surface area contributed by atoms with Crippen molar-refractivity contribution >= 4 is 58.8 Å². The van der Waals surface area contributed by atoms with E-state index < -0.39 is 30.7 Å². The van der Waals surface area contributed by atoms with Crippen LogP contribution in [0, 0.1) is 0 Å². The van der Waals surface area contributed by atoms with Crippen LogP contribution >= 0.6 is 19.4 Å². The smallest absolute Gasteiger partial charge is 0.359 e. The second-order valence-electron chi connectivity index (χ2n) is 12.9. The Balaban J connectivity index is 1.14. The van der Waals surface area contributed by atoms with Gasteiger partial charge in [0.25, 0.3) is 11.8 Å². The fourth-order valence-corrected chi connectivity index (χ4v) is 8.77. The van der Waals surface area contributed by atoms with Gasteiger partial charge in [0.1, 0.15) is 18.3 Å².